The van der Waals surface area contributed by atoms with E-state index < -0.39 is 58.1 Å². The van der Waals surface area contributed by atoms with Crippen molar-refractivity contribution in [2.45, 2.75) is 30.1 Å². The lowest BCUT2D eigenvalue weighted by Gasteiger charge is -2.19. The molecule has 1 fully saturated rings. The number of nitrogens with one attached hydrogen (secondary N) is 1. The number of H-pyrrole nitrogens is 1. The minimum atomic E-state index is -5.64. The SMILES string of the molecule is Cc1cn([C@H]2C[C@H](O)[C@@H](COP(=O)(O)OP(=O)(O)OP(=O)(O)O)S2)c(=O)[nH]c1=O. The molecule has 2 heterocycles. The molecule has 0 aliphatic carbocycles. The van der Waals surface area contributed by atoms with Gasteiger partial charge in [0.1, 0.15) is 0 Å². The minimum Gasteiger partial charge on any atom is -0.392 e. The Morgan fingerprint density at radius 3 is 2.38 bits per heavy atom. The maximum absolute atomic E-state index is 11.9. The Bertz CT molecular complexity index is 1020. The van der Waals surface area contributed by atoms with Crippen LogP contribution in [0.1, 0.15) is 17.4 Å². The van der Waals surface area contributed by atoms with Crippen molar-refractivity contribution in [3.8, 4) is 0 Å². The molecule has 166 valence electrons. The first-order valence-corrected chi connectivity index (χ1v) is 13.0. The third kappa shape index (κ3) is 7.24. The zero-order chi connectivity index (χ0) is 22.2. The van der Waals surface area contributed by atoms with Gasteiger partial charge in [0.2, 0.25) is 0 Å². The summed E-state index contributed by atoms with van der Waals surface area (Å²) in [5.41, 5.74) is -1.05. The highest BCUT2D eigenvalue weighted by atomic mass is 32.2. The molecule has 19 heteroatoms. The Labute approximate surface area is 166 Å². The topological polar surface area (TPSA) is 235 Å². The highest BCUT2D eigenvalue weighted by Crippen LogP contribution is 2.66. The molecule has 1 saturated heterocycles. The molecule has 1 aromatic heterocycles. The molecule has 6 N–H and O–H groups in total. The van der Waals surface area contributed by atoms with Gasteiger partial charge in [-0.1, -0.05) is 0 Å². The maximum atomic E-state index is 11.9. The molecule has 0 saturated carbocycles. The lowest BCUT2D eigenvalue weighted by atomic mass is 10.2. The smallest absolute Gasteiger partial charge is 0.392 e. The highest BCUT2D eigenvalue weighted by molar-refractivity contribution is 8.00. The third-order valence-electron chi connectivity index (χ3n) is 3.48. The summed E-state index contributed by atoms with van der Waals surface area (Å²) >= 11 is 0.960. The van der Waals surface area contributed by atoms with Gasteiger partial charge < -0.3 is 24.7 Å². The van der Waals surface area contributed by atoms with Crippen LogP contribution in [0, 0.1) is 6.92 Å². The van der Waals surface area contributed by atoms with Gasteiger partial charge in [-0.25, -0.2) is 18.5 Å². The van der Waals surface area contributed by atoms with Crippen molar-refractivity contribution >= 4 is 35.2 Å². The quantitative estimate of drug-likeness (QED) is 0.249. The van der Waals surface area contributed by atoms with Gasteiger partial charge in [0.15, 0.2) is 0 Å². The summed E-state index contributed by atoms with van der Waals surface area (Å²) in [6, 6.07) is 0. The summed E-state index contributed by atoms with van der Waals surface area (Å²) in [6.45, 7) is 0.779. The number of nitrogens with zero attached hydrogens (tertiary/aromatic N) is 1. The molecule has 0 radical (unpaired) electrons. The lowest BCUT2D eigenvalue weighted by Crippen LogP contribution is -2.32. The van der Waals surface area contributed by atoms with Crippen LogP contribution in [0.5, 0.6) is 0 Å². The molecule has 0 spiro atoms. The van der Waals surface area contributed by atoms with Gasteiger partial charge in [0, 0.05) is 18.2 Å². The molecule has 1 aliphatic rings. The van der Waals surface area contributed by atoms with E-state index in [1.54, 1.807) is 0 Å². The Hall–Kier alpha value is -0.600. The van der Waals surface area contributed by atoms with Gasteiger partial charge in [-0.05, 0) is 6.92 Å². The van der Waals surface area contributed by atoms with Crippen LogP contribution in [0.25, 0.3) is 0 Å². The number of aryl methyl sites for hydroxylation is 1. The predicted molar refractivity (Wildman–Crippen MR) is 96.9 cm³/mol. The second-order valence-electron chi connectivity index (χ2n) is 5.80. The zero-order valence-electron chi connectivity index (χ0n) is 14.4. The van der Waals surface area contributed by atoms with Crippen LogP contribution in [-0.2, 0) is 26.8 Å². The second-order valence-corrected chi connectivity index (χ2v) is 11.6. The van der Waals surface area contributed by atoms with Crippen LogP contribution in [0.3, 0.4) is 0 Å². The van der Waals surface area contributed by atoms with E-state index in [1.807, 2.05) is 0 Å². The molecular weight excluding hydrogens is 481 g/mol. The van der Waals surface area contributed by atoms with E-state index in [1.165, 1.54) is 13.1 Å². The zero-order valence-corrected chi connectivity index (χ0v) is 17.9. The fraction of sp³-hybridized carbons (Fsp3) is 0.600. The van der Waals surface area contributed by atoms with Crippen LogP contribution in [0.4, 0.5) is 0 Å². The van der Waals surface area contributed by atoms with Crippen LogP contribution in [0.2, 0.25) is 0 Å². The fourth-order valence-corrected chi connectivity index (χ4v) is 6.89. The first kappa shape index (κ1) is 24.7. The molecule has 1 aromatic rings. The number of aromatic nitrogens is 2. The average Bonchev–Trinajstić information content (AvgIpc) is 2.86. The van der Waals surface area contributed by atoms with Gasteiger partial charge in [-0.15, -0.1) is 11.8 Å². The van der Waals surface area contributed by atoms with Crippen molar-refractivity contribution in [3.05, 3.63) is 32.6 Å². The molecule has 2 rings (SSSR count). The Morgan fingerprint density at radius 2 is 1.79 bits per heavy atom. The Morgan fingerprint density at radius 1 is 1.17 bits per heavy atom. The van der Waals surface area contributed by atoms with Crippen LogP contribution < -0.4 is 11.2 Å². The Kier molecular flexibility index (Phi) is 7.54. The van der Waals surface area contributed by atoms with Gasteiger partial charge >= 0.3 is 29.2 Å². The summed E-state index contributed by atoms with van der Waals surface area (Å²) < 4.78 is 46.4. The number of hydrogen-bond donors (Lipinski definition) is 6. The van der Waals surface area contributed by atoms with E-state index in [0.29, 0.717) is 0 Å². The number of aliphatic hydroxyl groups is 1. The predicted octanol–water partition coefficient (Wildman–Crippen LogP) is -0.447. The highest BCUT2D eigenvalue weighted by Gasteiger charge is 2.42. The van der Waals surface area contributed by atoms with Crippen LogP contribution >= 0.6 is 35.2 Å². The van der Waals surface area contributed by atoms with E-state index in [-0.39, 0.29) is 12.0 Å². The largest absolute Gasteiger partial charge is 0.490 e. The van der Waals surface area contributed by atoms with E-state index >= 15 is 0 Å². The average molecular weight is 498 g/mol. The summed E-state index contributed by atoms with van der Waals surface area (Å²) in [4.78, 5) is 60.9. The van der Waals surface area contributed by atoms with Crippen molar-refractivity contribution in [1.82, 2.24) is 9.55 Å². The van der Waals surface area contributed by atoms with Crippen LogP contribution in [-0.4, -0.2) is 52.2 Å². The number of phosphoric ester groups is 1. The van der Waals surface area contributed by atoms with E-state index in [2.05, 4.69) is 18.1 Å². The van der Waals surface area contributed by atoms with Crippen molar-refractivity contribution in [1.29, 1.82) is 0 Å². The molecule has 0 aromatic carbocycles. The number of hydrogen-bond acceptors (Lipinski definition) is 10. The monoisotopic (exact) mass is 498 g/mol. The lowest BCUT2D eigenvalue weighted by molar-refractivity contribution is 0.125. The van der Waals surface area contributed by atoms with Gasteiger partial charge in [0.25, 0.3) is 5.56 Å². The normalized spacial score (nSPS) is 26.8. The summed E-state index contributed by atoms with van der Waals surface area (Å²) in [6.07, 6.45) is 0.174. The number of aliphatic hydroxyl groups excluding tert-OH is 1. The number of rotatable bonds is 8. The van der Waals surface area contributed by atoms with E-state index in [9.17, 15) is 33.3 Å². The molecular formula is C10H17N2O13P3S. The van der Waals surface area contributed by atoms with Crippen molar-refractivity contribution in [2.24, 2.45) is 0 Å². The number of aromatic amines is 1. The second kappa shape index (κ2) is 8.87. The number of thioether (sulfide) groups is 1. The van der Waals surface area contributed by atoms with E-state index in [4.69, 9.17) is 14.7 Å². The first-order chi connectivity index (χ1) is 13.1. The summed E-state index contributed by atoms with van der Waals surface area (Å²) in [5, 5.41) is 8.55. The molecule has 1 aliphatic heterocycles. The first-order valence-electron chi connectivity index (χ1n) is 7.52. The summed E-state index contributed by atoms with van der Waals surface area (Å²) in [7, 11) is -16.5. The standard InChI is InChI=1S/C10H17N2O13P3S/c1-5-3-12(10(15)11-9(5)14)8-2-6(13)7(29-8)4-23-27(19,20)25-28(21,22)24-26(16,17)18/h3,6-8,13H,2,4H2,1H3,(H,19,20)(H,21,22)(H,11,14,15)(H2,16,17,18)/t6-,7+,8+/m0/s1. The van der Waals surface area contributed by atoms with Crippen molar-refractivity contribution in [3.63, 3.8) is 0 Å². The molecule has 0 bridgehead atoms. The molecule has 15 nitrogen and oxygen atoms in total. The van der Waals surface area contributed by atoms with Crippen molar-refractivity contribution in [2.75, 3.05) is 6.61 Å². The van der Waals surface area contributed by atoms with Crippen molar-refractivity contribution < 1.29 is 51.5 Å². The third-order valence-corrected chi connectivity index (χ3v) is 8.81. The Balaban J connectivity index is 2.03. The molecule has 29 heavy (non-hydrogen) atoms. The molecule has 2 unspecified atom stereocenters. The van der Waals surface area contributed by atoms with Gasteiger partial charge in [0.05, 0.1) is 23.3 Å². The van der Waals surface area contributed by atoms with E-state index in [0.717, 1.165) is 16.3 Å². The molecule has 0 amide bonds. The minimum absolute atomic E-state index is 0.0144. The van der Waals surface area contributed by atoms with Gasteiger partial charge in [-0.2, -0.15) is 8.62 Å². The number of phosphoric acid groups is 3. The molecule has 5 atom stereocenters. The maximum Gasteiger partial charge on any atom is 0.490 e. The summed E-state index contributed by atoms with van der Waals surface area (Å²) in [5.74, 6) is 0. The fourth-order valence-electron chi connectivity index (χ4n) is 2.31. The van der Waals surface area contributed by atoms with Crippen LogP contribution in [0.15, 0.2) is 15.8 Å². The van der Waals surface area contributed by atoms with Gasteiger partial charge in [-0.3, -0.25) is 18.9 Å².